The summed E-state index contributed by atoms with van der Waals surface area (Å²) in [6, 6.07) is 13.1. The van der Waals surface area contributed by atoms with Gasteiger partial charge in [0.1, 0.15) is 0 Å². The van der Waals surface area contributed by atoms with Crippen molar-refractivity contribution in [3.05, 3.63) is 58.6 Å². The molecule has 0 saturated carbocycles. The number of hydrogen-bond donors (Lipinski definition) is 2. The van der Waals surface area contributed by atoms with E-state index >= 15 is 0 Å². The summed E-state index contributed by atoms with van der Waals surface area (Å²) in [7, 11) is 2.12. The van der Waals surface area contributed by atoms with Crippen LogP contribution in [0.3, 0.4) is 0 Å². The highest BCUT2D eigenvalue weighted by Crippen LogP contribution is 2.29. The summed E-state index contributed by atoms with van der Waals surface area (Å²) >= 11 is 11.7. The van der Waals surface area contributed by atoms with Gasteiger partial charge in [0.05, 0.1) is 10.7 Å². The van der Waals surface area contributed by atoms with Crippen LogP contribution >= 0.6 is 23.8 Å². The third kappa shape index (κ3) is 4.97. The van der Waals surface area contributed by atoms with Crippen molar-refractivity contribution in [3.8, 4) is 0 Å². The van der Waals surface area contributed by atoms with Gasteiger partial charge in [-0.3, -0.25) is 10.1 Å². The first-order chi connectivity index (χ1) is 12.9. The molecule has 3 rings (SSSR count). The Labute approximate surface area is 170 Å². The second-order valence-corrected chi connectivity index (χ2v) is 7.50. The number of halogens is 1. The number of rotatable bonds is 3. The Morgan fingerprint density at radius 1 is 1.11 bits per heavy atom. The summed E-state index contributed by atoms with van der Waals surface area (Å²) in [6.45, 7) is 5.83. The molecule has 2 N–H and O–H groups in total. The molecule has 142 valence electrons. The third-order valence-corrected chi connectivity index (χ3v) is 5.17. The van der Waals surface area contributed by atoms with E-state index in [2.05, 4.69) is 27.5 Å². The zero-order chi connectivity index (χ0) is 19.4. The van der Waals surface area contributed by atoms with E-state index in [0.717, 1.165) is 43.1 Å². The largest absolute Gasteiger partial charge is 0.368 e. The molecule has 0 radical (unpaired) electrons. The van der Waals surface area contributed by atoms with Gasteiger partial charge in [-0.1, -0.05) is 29.8 Å². The third-order valence-electron chi connectivity index (χ3n) is 4.67. The molecule has 1 heterocycles. The van der Waals surface area contributed by atoms with E-state index in [1.165, 1.54) is 0 Å². The molecule has 5 nitrogen and oxygen atoms in total. The van der Waals surface area contributed by atoms with Crippen LogP contribution in [0.4, 0.5) is 11.4 Å². The number of amides is 1. The quantitative estimate of drug-likeness (QED) is 0.769. The lowest BCUT2D eigenvalue weighted by molar-refractivity contribution is 0.0977. The summed E-state index contributed by atoms with van der Waals surface area (Å²) in [6.07, 6.45) is 0. The fourth-order valence-electron chi connectivity index (χ4n) is 3.05. The fraction of sp³-hybridized carbons (Fsp3) is 0.300. The zero-order valence-corrected chi connectivity index (χ0v) is 17.0. The van der Waals surface area contributed by atoms with Gasteiger partial charge >= 0.3 is 0 Å². The Bertz CT molecular complexity index is 850. The standard InChI is InChI=1S/C20H23ClN4OS/c1-14-5-3-4-6-16(14)19(26)23-20(27)22-15-7-8-18(17(21)13-15)25-11-9-24(2)10-12-25/h3-8,13H,9-12H2,1-2H3,(H2,22,23,26,27). The van der Waals surface area contributed by atoms with Gasteiger partial charge in [-0.15, -0.1) is 0 Å². The van der Waals surface area contributed by atoms with Gasteiger partial charge in [0.25, 0.3) is 5.91 Å². The molecule has 1 saturated heterocycles. The summed E-state index contributed by atoms with van der Waals surface area (Å²) in [5, 5.41) is 6.65. The molecule has 1 aliphatic heterocycles. The lowest BCUT2D eigenvalue weighted by Gasteiger charge is -2.34. The summed E-state index contributed by atoms with van der Waals surface area (Å²) < 4.78 is 0. The van der Waals surface area contributed by atoms with Crippen LogP contribution in [0.15, 0.2) is 42.5 Å². The average Bonchev–Trinajstić information content (AvgIpc) is 2.63. The van der Waals surface area contributed by atoms with Crippen molar-refractivity contribution in [2.45, 2.75) is 6.92 Å². The lowest BCUT2D eigenvalue weighted by atomic mass is 10.1. The van der Waals surface area contributed by atoms with Gasteiger partial charge in [-0.2, -0.15) is 0 Å². The van der Waals surface area contributed by atoms with Crippen molar-refractivity contribution in [1.82, 2.24) is 10.2 Å². The summed E-state index contributed by atoms with van der Waals surface area (Å²) in [5.41, 5.74) is 3.26. The number of anilines is 2. The van der Waals surface area contributed by atoms with E-state index < -0.39 is 0 Å². The zero-order valence-electron chi connectivity index (χ0n) is 15.5. The van der Waals surface area contributed by atoms with Gasteiger partial charge in [0.2, 0.25) is 0 Å². The fourth-order valence-corrected chi connectivity index (χ4v) is 3.56. The first kappa shape index (κ1) is 19.6. The number of benzene rings is 2. The van der Waals surface area contributed by atoms with E-state index in [1.54, 1.807) is 6.07 Å². The maximum atomic E-state index is 12.3. The highest BCUT2D eigenvalue weighted by molar-refractivity contribution is 7.80. The predicted octanol–water partition coefficient (Wildman–Crippen LogP) is 3.53. The molecule has 1 amide bonds. The van der Waals surface area contributed by atoms with E-state index in [0.29, 0.717) is 10.6 Å². The Morgan fingerprint density at radius 2 is 1.81 bits per heavy atom. The molecule has 0 aliphatic carbocycles. The summed E-state index contributed by atoms with van der Waals surface area (Å²) in [4.78, 5) is 16.9. The molecule has 0 aromatic heterocycles. The van der Waals surface area contributed by atoms with Crippen LogP contribution in [0, 0.1) is 6.92 Å². The first-order valence-electron chi connectivity index (χ1n) is 8.85. The monoisotopic (exact) mass is 402 g/mol. The van der Waals surface area contributed by atoms with Crippen molar-refractivity contribution >= 4 is 46.2 Å². The van der Waals surface area contributed by atoms with Crippen molar-refractivity contribution in [3.63, 3.8) is 0 Å². The van der Waals surface area contributed by atoms with Crippen molar-refractivity contribution in [1.29, 1.82) is 0 Å². The van der Waals surface area contributed by atoms with Crippen molar-refractivity contribution in [2.75, 3.05) is 43.4 Å². The van der Waals surface area contributed by atoms with Crippen LogP contribution in [0.2, 0.25) is 5.02 Å². The van der Waals surface area contributed by atoms with Crippen molar-refractivity contribution < 1.29 is 4.79 Å². The second kappa shape index (κ2) is 8.69. The van der Waals surface area contributed by atoms with Crippen LogP contribution in [-0.2, 0) is 0 Å². The van der Waals surface area contributed by atoms with Gasteiger partial charge in [-0.05, 0) is 56.0 Å². The topological polar surface area (TPSA) is 47.6 Å². The minimum atomic E-state index is -0.231. The molecular formula is C20H23ClN4OS. The second-order valence-electron chi connectivity index (χ2n) is 6.68. The SMILES string of the molecule is Cc1ccccc1C(=O)NC(=S)Nc1ccc(N2CCN(C)CC2)c(Cl)c1. The molecule has 7 heteroatoms. The molecule has 27 heavy (non-hydrogen) atoms. The van der Waals surface area contributed by atoms with Crippen LogP contribution in [0.25, 0.3) is 0 Å². The van der Waals surface area contributed by atoms with E-state index in [9.17, 15) is 4.79 Å². The normalized spacial score (nSPS) is 14.7. The molecular weight excluding hydrogens is 380 g/mol. The van der Waals surface area contributed by atoms with Crippen LogP contribution < -0.4 is 15.5 Å². The Hall–Kier alpha value is -2.15. The van der Waals surface area contributed by atoms with Gasteiger partial charge in [-0.25, -0.2) is 0 Å². The Morgan fingerprint density at radius 3 is 2.48 bits per heavy atom. The smallest absolute Gasteiger partial charge is 0.257 e. The highest BCUT2D eigenvalue weighted by Gasteiger charge is 2.17. The number of thiocarbonyl (C=S) groups is 1. The van der Waals surface area contributed by atoms with E-state index in [4.69, 9.17) is 23.8 Å². The summed E-state index contributed by atoms with van der Waals surface area (Å²) in [5.74, 6) is -0.231. The Balaban J connectivity index is 1.62. The molecule has 0 bridgehead atoms. The number of aryl methyl sites for hydroxylation is 1. The number of carbonyl (C=O) groups excluding carboxylic acids is 1. The van der Waals surface area contributed by atoms with Crippen molar-refractivity contribution in [2.24, 2.45) is 0 Å². The molecule has 0 atom stereocenters. The maximum Gasteiger partial charge on any atom is 0.257 e. The minimum absolute atomic E-state index is 0.231. The van der Waals surface area contributed by atoms with E-state index in [1.807, 2.05) is 43.3 Å². The number of nitrogens with zero attached hydrogens (tertiary/aromatic N) is 2. The number of nitrogens with one attached hydrogen (secondary N) is 2. The van der Waals surface area contributed by atoms with Gasteiger partial charge in [0, 0.05) is 37.4 Å². The maximum absolute atomic E-state index is 12.3. The number of likely N-dealkylation sites (N-methyl/N-ethyl adjacent to an activating group) is 1. The minimum Gasteiger partial charge on any atom is -0.368 e. The first-order valence-corrected chi connectivity index (χ1v) is 9.63. The molecule has 2 aromatic rings. The van der Waals surface area contributed by atoms with Gasteiger partial charge in [0.15, 0.2) is 5.11 Å². The Kier molecular flexibility index (Phi) is 6.31. The van der Waals surface area contributed by atoms with Crippen LogP contribution in [0.5, 0.6) is 0 Å². The average molecular weight is 403 g/mol. The van der Waals surface area contributed by atoms with Crippen LogP contribution in [-0.4, -0.2) is 49.1 Å². The van der Waals surface area contributed by atoms with Gasteiger partial charge < -0.3 is 15.1 Å². The predicted molar refractivity (Wildman–Crippen MR) is 116 cm³/mol. The lowest BCUT2D eigenvalue weighted by Crippen LogP contribution is -2.44. The van der Waals surface area contributed by atoms with E-state index in [-0.39, 0.29) is 11.0 Å². The number of hydrogen-bond acceptors (Lipinski definition) is 4. The molecule has 1 aliphatic rings. The molecule has 1 fully saturated rings. The number of piperazine rings is 1. The van der Waals surface area contributed by atoms with Crippen LogP contribution in [0.1, 0.15) is 15.9 Å². The number of carbonyl (C=O) groups is 1. The molecule has 0 spiro atoms. The molecule has 2 aromatic carbocycles. The highest BCUT2D eigenvalue weighted by atomic mass is 35.5. The molecule has 0 unspecified atom stereocenters.